The van der Waals surface area contributed by atoms with Crippen LogP contribution in [0.5, 0.6) is 0 Å². The van der Waals surface area contributed by atoms with Crippen LogP contribution in [-0.4, -0.2) is 13.8 Å². The van der Waals surface area contributed by atoms with Crippen LogP contribution >= 0.6 is 0 Å². The van der Waals surface area contributed by atoms with Gasteiger partial charge < -0.3 is 10.5 Å². The van der Waals surface area contributed by atoms with Crippen molar-refractivity contribution in [1.82, 2.24) is 0 Å². The highest BCUT2D eigenvalue weighted by molar-refractivity contribution is 5.10. The third kappa shape index (κ3) is 48.5. The molecular weight excluding hydrogens is 126 g/mol. The molecule has 0 aliphatic rings. The fraction of sp³-hybridized carbons (Fsp3) is 0.875. The van der Waals surface area contributed by atoms with Crippen molar-refractivity contribution in [2.45, 2.75) is 33.6 Å². The van der Waals surface area contributed by atoms with Gasteiger partial charge in [0, 0.05) is 0 Å². The van der Waals surface area contributed by atoms with E-state index in [2.05, 4.69) is 26.5 Å². The number of carbonyl (C=O) groups is 1. The molecule has 0 aliphatic carbocycles. The van der Waals surface area contributed by atoms with Crippen molar-refractivity contribution in [3.8, 4) is 0 Å². The topological polar surface area (TPSA) is 43.1 Å². The largest absolute Gasteiger partial charge is 0.333 e. The summed E-state index contributed by atoms with van der Waals surface area (Å²) in [6, 6.07) is 0. The van der Waals surface area contributed by atoms with Gasteiger partial charge in [0.2, 0.25) is 0 Å². The van der Waals surface area contributed by atoms with Gasteiger partial charge in [0.15, 0.2) is 0 Å². The highest BCUT2D eigenvalue weighted by atomic mass is 16.1. The minimum absolute atomic E-state index is 0.898. The van der Waals surface area contributed by atoms with Crippen LogP contribution in [0, 0.1) is 5.92 Å². The molecule has 0 unspecified atom stereocenters. The van der Waals surface area contributed by atoms with Crippen molar-refractivity contribution in [3.05, 3.63) is 0 Å². The van der Waals surface area contributed by atoms with Crippen molar-refractivity contribution in [2.24, 2.45) is 11.7 Å². The first-order valence-corrected chi connectivity index (χ1v) is 3.64. The van der Waals surface area contributed by atoms with E-state index in [9.17, 15) is 0 Å². The molecule has 0 aromatic rings. The fourth-order valence-corrected chi connectivity index (χ4v) is 0.577. The van der Waals surface area contributed by atoms with Gasteiger partial charge in [-0.05, 0) is 13.0 Å². The average Bonchev–Trinajstić information content (AvgIpc) is 1.96. The summed E-state index contributed by atoms with van der Waals surface area (Å²) < 4.78 is 0. The lowest BCUT2D eigenvalue weighted by molar-refractivity contribution is -0.0979. The van der Waals surface area contributed by atoms with E-state index in [-0.39, 0.29) is 0 Å². The summed E-state index contributed by atoms with van der Waals surface area (Å²) in [6.45, 7) is 8.73. The normalized spacial score (nSPS) is 7.00. The Morgan fingerprint density at radius 3 is 1.60 bits per heavy atom. The summed E-state index contributed by atoms with van der Waals surface area (Å²) in [7, 11) is 1.50. The van der Waals surface area contributed by atoms with Crippen molar-refractivity contribution in [3.63, 3.8) is 0 Å². The maximum absolute atomic E-state index is 8.00. The third-order valence-corrected chi connectivity index (χ3v) is 0.866. The van der Waals surface area contributed by atoms with Crippen LogP contribution in [0.1, 0.15) is 33.6 Å². The van der Waals surface area contributed by atoms with Crippen LogP contribution in [0.25, 0.3) is 0 Å². The second kappa shape index (κ2) is 23.4. The van der Waals surface area contributed by atoms with Gasteiger partial charge in [0.25, 0.3) is 0 Å². The molecule has 0 saturated heterocycles. The molecule has 0 atom stereocenters. The van der Waals surface area contributed by atoms with E-state index in [4.69, 9.17) is 4.79 Å². The highest BCUT2D eigenvalue weighted by Crippen LogP contribution is 2.00. The van der Waals surface area contributed by atoms with E-state index >= 15 is 0 Å². The predicted molar refractivity (Wildman–Crippen MR) is 47.0 cm³/mol. The van der Waals surface area contributed by atoms with Gasteiger partial charge in [0.1, 0.15) is 6.79 Å². The van der Waals surface area contributed by atoms with Gasteiger partial charge in [-0.15, -0.1) is 0 Å². The summed E-state index contributed by atoms with van der Waals surface area (Å²) in [6.07, 6.45) is 2.71. The zero-order valence-electron chi connectivity index (χ0n) is 7.68. The first kappa shape index (κ1) is 16.3. The smallest absolute Gasteiger partial charge is 0.106 e. The molecule has 0 amide bonds. The Labute approximate surface area is 64.8 Å². The van der Waals surface area contributed by atoms with E-state index in [0.717, 1.165) is 5.92 Å². The second-order valence-corrected chi connectivity index (χ2v) is 2.18. The monoisotopic (exact) mass is 147 g/mol. The second-order valence-electron chi connectivity index (χ2n) is 2.18. The van der Waals surface area contributed by atoms with Gasteiger partial charge >= 0.3 is 0 Å². The van der Waals surface area contributed by atoms with Gasteiger partial charge in [-0.3, -0.25) is 0 Å². The molecule has 0 heterocycles. The summed E-state index contributed by atoms with van der Waals surface area (Å²) in [5.74, 6) is 0.898. The molecule has 0 aromatic heterocycles. The molecule has 2 N–H and O–H groups in total. The van der Waals surface area contributed by atoms with Crippen LogP contribution < -0.4 is 5.73 Å². The Balaban J connectivity index is -0.000000105. The van der Waals surface area contributed by atoms with Gasteiger partial charge in [-0.25, -0.2) is 0 Å². The maximum atomic E-state index is 8.00. The third-order valence-electron chi connectivity index (χ3n) is 0.866. The molecule has 0 spiro atoms. The lowest BCUT2D eigenvalue weighted by atomic mass is 10.1. The van der Waals surface area contributed by atoms with E-state index < -0.39 is 0 Å². The van der Waals surface area contributed by atoms with Crippen LogP contribution in [0.15, 0.2) is 0 Å². The predicted octanol–water partition coefficient (Wildman–Crippen LogP) is 1.83. The van der Waals surface area contributed by atoms with Crippen LogP contribution in [-0.2, 0) is 4.79 Å². The zero-order chi connectivity index (χ0) is 8.99. The van der Waals surface area contributed by atoms with Crippen molar-refractivity contribution < 1.29 is 4.79 Å². The molecular formula is C8H21NO. The Morgan fingerprint density at radius 2 is 1.60 bits per heavy atom. The molecule has 0 fully saturated rings. The van der Waals surface area contributed by atoms with E-state index in [1.807, 2.05) is 6.79 Å². The van der Waals surface area contributed by atoms with Crippen molar-refractivity contribution in [2.75, 3.05) is 7.05 Å². The number of nitrogens with two attached hydrogens (primary N) is 1. The number of carbonyl (C=O) groups excluding carboxylic acids is 1. The Hall–Kier alpha value is -0.370. The lowest BCUT2D eigenvalue weighted by Crippen LogP contribution is -1.81. The van der Waals surface area contributed by atoms with E-state index in [1.54, 1.807) is 0 Å². The molecule has 64 valence electrons. The average molecular weight is 147 g/mol. The zero-order valence-corrected chi connectivity index (χ0v) is 7.68. The van der Waals surface area contributed by atoms with E-state index in [1.165, 1.54) is 19.9 Å². The minimum atomic E-state index is 0.898. The van der Waals surface area contributed by atoms with Crippen molar-refractivity contribution in [1.29, 1.82) is 0 Å². The molecule has 10 heavy (non-hydrogen) atoms. The summed E-state index contributed by atoms with van der Waals surface area (Å²) in [4.78, 5) is 8.00. The number of hydrogen-bond acceptors (Lipinski definition) is 2. The summed E-state index contributed by atoms with van der Waals surface area (Å²) in [5.41, 5.74) is 4.50. The minimum Gasteiger partial charge on any atom is -0.333 e. The van der Waals surface area contributed by atoms with Gasteiger partial charge in [-0.1, -0.05) is 33.6 Å². The quantitative estimate of drug-likeness (QED) is 0.647. The summed E-state index contributed by atoms with van der Waals surface area (Å²) in [5, 5.41) is 0. The van der Waals surface area contributed by atoms with E-state index in [0.29, 0.717) is 0 Å². The molecule has 0 rings (SSSR count). The first-order chi connectivity index (χ1) is 4.77. The molecule has 0 bridgehead atoms. The molecule has 0 radical (unpaired) electrons. The summed E-state index contributed by atoms with van der Waals surface area (Å²) >= 11 is 0. The van der Waals surface area contributed by atoms with Gasteiger partial charge in [0.05, 0.1) is 0 Å². The standard InChI is InChI=1S/C6H14.CH5N.CH2O/c1-4-5-6(2)3;2*1-2/h6H,4-5H2,1-3H3;2H2,1H3;1H2. The SMILES string of the molecule is C=O.CCCC(C)C.CN. The molecule has 2 heteroatoms. The highest BCUT2D eigenvalue weighted by Gasteiger charge is 1.85. The first-order valence-electron chi connectivity index (χ1n) is 3.64. The molecule has 0 saturated carbocycles. The van der Waals surface area contributed by atoms with Crippen LogP contribution in [0.4, 0.5) is 0 Å². The molecule has 2 nitrogen and oxygen atoms in total. The van der Waals surface area contributed by atoms with Gasteiger partial charge in [-0.2, -0.15) is 0 Å². The lowest BCUT2D eigenvalue weighted by Gasteiger charge is -1.95. The number of rotatable bonds is 2. The number of hydrogen-bond donors (Lipinski definition) is 1. The van der Waals surface area contributed by atoms with Crippen LogP contribution in [0.2, 0.25) is 0 Å². The van der Waals surface area contributed by atoms with Crippen LogP contribution in [0.3, 0.4) is 0 Å². The Morgan fingerprint density at radius 1 is 1.30 bits per heavy atom. The Bertz CT molecular complexity index is 38.2. The molecule has 0 aromatic carbocycles. The maximum Gasteiger partial charge on any atom is 0.106 e. The molecule has 0 aliphatic heterocycles. The Kier molecular flexibility index (Phi) is 38.2. The van der Waals surface area contributed by atoms with Crippen molar-refractivity contribution >= 4 is 6.79 Å². The fourth-order valence-electron chi connectivity index (χ4n) is 0.577.